The van der Waals surface area contributed by atoms with Crippen LogP contribution >= 0.6 is 23.2 Å². The molecule has 1 saturated heterocycles. The number of nitrogens with zero attached hydrogens (tertiary/aromatic N) is 1. The monoisotopic (exact) mass is 393 g/mol. The first-order chi connectivity index (χ1) is 11.2. The van der Waals surface area contributed by atoms with Crippen LogP contribution in [0.5, 0.6) is 0 Å². The average molecular weight is 394 g/mol. The number of halogens is 2. The van der Waals surface area contributed by atoms with Crippen LogP contribution in [0, 0.1) is 0 Å². The summed E-state index contributed by atoms with van der Waals surface area (Å²) in [6, 6.07) is 4.46. The van der Waals surface area contributed by atoms with Gasteiger partial charge in [0.2, 0.25) is 10.0 Å². The molecule has 0 aliphatic carbocycles. The molecule has 0 spiro atoms. The van der Waals surface area contributed by atoms with Crippen LogP contribution in [0.4, 0.5) is 10.5 Å². The zero-order valence-corrected chi connectivity index (χ0v) is 15.9. The zero-order chi connectivity index (χ0) is 17.9. The van der Waals surface area contributed by atoms with Crippen molar-refractivity contribution in [3.8, 4) is 0 Å². The second-order valence-electron chi connectivity index (χ2n) is 6.03. The average Bonchev–Trinajstić information content (AvgIpc) is 2.50. The molecule has 1 aromatic carbocycles. The summed E-state index contributed by atoms with van der Waals surface area (Å²) in [4.78, 5) is 13.9. The SMILES string of the molecule is CC(C)S(=O)(=O)NC1CCN(C(=O)Nc2ccc(Cl)cc2Cl)CC1. The predicted octanol–water partition coefficient (Wildman–Crippen LogP) is 3.32. The Balaban J connectivity index is 1.89. The number of carbonyl (C=O) groups excluding carboxylic acids is 1. The summed E-state index contributed by atoms with van der Waals surface area (Å²) in [6.07, 6.45) is 1.15. The van der Waals surface area contributed by atoms with Gasteiger partial charge in [-0.25, -0.2) is 17.9 Å². The third-order valence-corrected chi connectivity index (χ3v) is 6.36. The second-order valence-corrected chi connectivity index (χ2v) is 9.14. The number of anilines is 1. The van der Waals surface area contributed by atoms with Gasteiger partial charge in [0.1, 0.15) is 0 Å². The summed E-state index contributed by atoms with van der Waals surface area (Å²) in [6.45, 7) is 4.23. The lowest BCUT2D eigenvalue weighted by Gasteiger charge is -2.32. The van der Waals surface area contributed by atoms with E-state index in [0.717, 1.165) is 0 Å². The number of likely N-dealkylation sites (tertiary alicyclic amines) is 1. The van der Waals surface area contributed by atoms with Crippen molar-refractivity contribution in [1.29, 1.82) is 0 Å². The van der Waals surface area contributed by atoms with Gasteiger partial charge in [-0.05, 0) is 44.9 Å². The minimum atomic E-state index is -3.29. The van der Waals surface area contributed by atoms with Crippen molar-refractivity contribution in [1.82, 2.24) is 9.62 Å². The molecular formula is C15H21Cl2N3O3S. The largest absolute Gasteiger partial charge is 0.324 e. The fraction of sp³-hybridized carbons (Fsp3) is 0.533. The Hall–Kier alpha value is -1.02. The summed E-state index contributed by atoms with van der Waals surface area (Å²) < 4.78 is 26.5. The van der Waals surface area contributed by atoms with E-state index in [9.17, 15) is 13.2 Å². The number of benzene rings is 1. The van der Waals surface area contributed by atoms with E-state index in [4.69, 9.17) is 23.2 Å². The lowest BCUT2D eigenvalue weighted by atomic mass is 10.1. The Morgan fingerprint density at radius 3 is 2.42 bits per heavy atom. The van der Waals surface area contributed by atoms with Crippen LogP contribution in [0.15, 0.2) is 18.2 Å². The molecule has 6 nitrogen and oxygen atoms in total. The van der Waals surface area contributed by atoms with Crippen molar-refractivity contribution in [2.45, 2.75) is 38.0 Å². The first-order valence-electron chi connectivity index (χ1n) is 7.71. The van der Waals surface area contributed by atoms with Crippen LogP contribution in [0.25, 0.3) is 0 Å². The maximum Gasteiger partial charge on any atom is 0.321 e. The van der Waals surface area contributed by atoms with Crippen molar-refractivity contribution in [2.24, 2.45) is 0 Å². The molecule has 2 N–H and O–H groups in total. The summed E-state index contributed by atoms with van der Waals surface area (Å²) in [7, 11) is -3.29. The third-order valence-electron chi connectivity index (χ3n) is 3.91. The number of rotatable bonds is 4. The third kappa shape index (κ3) is 4.99. The molecule has 2 rings (SSSR count). The molecule has 0 bridgehead atoms. The lowest BCUT2D eigenvalue weighted by Crippen LogP contribution is -2.48. The maximum absolute atomic E-state index is 12.3. The maximum atomic E-state index is 12.3. The molecule has 0 unspecified atom stereocenters. The number of carbonyl (C=O) groups is 1. The number of piperidine rings is 1. The van der Waals surface area contributed by atoms with Crippen molar-refractivity contribution >= 4 is 44.9 Å². The molecule has 1 heterocycles. The predicted molar refractivity (Wildman–Crippen MR) is 97.3 cm³/mol. The van der Waals surface area contributed by atoms with Gasteiger partial charge >= 0.3 is 6.03 Å². The van der Waals surface area contributed by atoms with E-state index in [2.05, 4.69) is 10.0 Å². The molecule has 0 atom stereocenters. The van der Waals surface area contributed by atoms with Gasteiger partial charge in [0.25, 0.3) is 0 Å². The van der Waals surface area contributed by atoms with Crippen molar-refractivity contribution in [2.75, 3.05) is 18.4 Å². The molecule has 9 heteroatoms. The van der Waals surface area contributed by atoms with Gasteiger partial charge in [-0.3, -0.25) is 0 Å². The molecule has 1 aliphatic heterocycles. The number of urea groups is 1. The van der Waals surface area contributed by atoms with E-state index in [1.165, 1.54) is 0 Å². The molecule has 0 radical (unpaired) electrons. The molecular weight excluding hydrogens is 373 g/mol. The molecule has 1 aliphatic rings. The van der Waals surface area contributed by atoms with Gasteiger partial charge in [-0.15, -0.1) is 0 Å². The van der Waals surface area contributed by atoms with Crippen molar-refractivity contribution < 1.29 is 13.2 Å². The number of amides is 2. The molecule has 0 aromatic heterocycles. The zero-order valence-electron chi connectivity index (χ0n) is 13.6. The Labute approximate surface area is 152 Å². The summed E-state index contributed by atoms with van der Waals surface area (Å²) in [5.41, 5.74) is 0.494. The normalized spacial score (nSPS) is 16.5. The Kier molecular flexibility index (Phi) is 6.36. The number of hydrogen-bond donors (Lipinski definition) is 2. The van der Waals surface area contributed by atoms with Crippen LogP contribution in [0.1, 0.15) is 26.7 Å². The smallest absolute Gasteiger partial charge is 0.321 e. The van der Waals surface area contributed by atoms with Crippen LogP contribution < -0.4 is 10.0 Å². The summed E-state index contributed by atoms with van der Waals surface area (Å²) >= 11 is 11.9. The Morgan fingerprint density at radius 2 is 1.88 bits per heavy atom. The van der Waals surface area contributed by atoms with Gasteiger partial charge in [0.15, 0.2) is 0 Å². The highest BCUT2D eigenvalue weighted by atomic mass is 35.5. The highest BCUT2D eigenvalue weighted by Crippen LogP contribution is 2.26. The number of sulfonamides is 1. The quantitative estimate of drug-likeness (QED) is 0.823. The molecule has 0 saturated carbocycles. The van der Waals surface area contributed by atoms with Crippen molar-refractivity contribution in [3.63, 3.8) is 0 Å². The van der Waals surface area contributed by atoms with E-state index in [-0.39, 0.29) is 12.1 Å². The standard InChI is InChI=1S/C15H21Cl2N3O3S/c1-10(2)24(22,23)19-12-5-7-20(8-6-12)15(21)18-14-4-3-11(16)9-13(14)17/h3-4,9-10,12,19H,5-8H2,1-2H3,(H,18,21). The second kappa shape index (κ2) is 7.91. The van der Waals surface area contributed by atoms with Gasteiger partial charge < -0.3 is 10.2 Å². The number of nitrogens with one attached hydrogen (secondary N) is 2. The summed E-state index contributed by atoms with van der Waals surface area (Å²) in [5, 5.41) is 3.15. The van der Waals surface area contributed by atoms with Gasteiger partial charge in [0.05, 0.1) is 16.0 Å². The van der Waals surface area contributed by atoms with Crippen molar-refractivity contribution in [3.05, 3.63) is 28.2 Å². The molecule has 1 aromatic rings. The Bertz CT molecular complexity index is 702. The first-order valence-corrected chi connectivity index (χ1v) is 10.0. The van der Waals surface area contributed by atoms with Crippen LogP contribution in [-0.2, 0) is 10.0 Å². The van der Waals surface area contributed by atoms with Crippen LogP contribution in [0.3, 0.4) is 0 Å². The molecule has 24 heavy (non-hydrogen) atoms. The number of hydrogen-bond acceptors (Lipinski definition) is 3. The van der Waals surface area contributed by atoms with E-state index in [0.29, 0.717) is 41.7 Å². The topological polar surface area (TPSA) is 78.5 Å². The molecule has 134 valence electrons. The minimum Gasteiger partial charge on any atom is -0.324 e. The molecule has 2 amide bonds. The lowest BCUT2D eigenvalue weighted by molar-refractivity contribution is 0.193. The highest BCUT2D eigenvalue weighted by molar-refractivity contribution is 7.90. The van der Waals surface area contributed by atoms with E-state index in [1.807, 2.05) is 0 Å². The summed E-state index contributed by atoms with van der Waals surface area (Å²) in [5.74, 6) is 0. The fourth-order valence-corrected chi connectivity index (χ4v) is 3.78. The molecule has 1 fully saturated rings. The first kappa shape index (κ1) is 19.3. The van der Waals surface area contributed by atoms with Gasteiger partial charge in [-0.1, -0.05) is 23.2 Å². The highest BCUT2D eigenvalue weighted by Gasteiger charge is 2.27. The van der Waals surface area contributed by atoms with E-state index >= 15 is 0 Å². The van der Waals surface area contributed by atoms with E-state index < -0.39 is 15.3 Å². The van der Waals surface area contributed by atoms with Gasteiger partial charge in [-0.2, -0.15) is 0 Å². The fourth-order valence-electron chi connectivity index (χ4n) is 2.35. The van der Waals surface area contributed by atoms with Crippen LogP contribution in [-0.4, -0.2) is 43.7 Å². The minimum absolute atomic E-state index is 0.138. The van der Waals surface area contributed by atoms with Crippen LogP contribution in [0.2, 0.25) is 10.0 Å². The van der Waals surface area contributed by atoms with Gasteiger partial charge in [0, 0.05) is 24.2 Å². The van der Waals surface area contributed by atoms with E-state index in [1.54, 1.807) is 36.9 Å². The Morgan fingerprint density at radius 1 is 1.25 bits per heavy atom.